The van der Waals surface area contributed by atoms with Gasteiger partial charge in [0.1, 0.15) is 0 Å². The summed E-state index contributed by atoms with van der Waals surface area (Å²) in [5, 5.41) is 2.74. The first-order valence-corrected chi connectivity index (χ1v) is 7.60. The van der Waals surface area contributed by atoms with E-state index in [4.69, 9.17) is 4.74 Å². The first-order chi connectivity index (χ1) is 11.6. The highest BCUT2D eigenvalue weighted by Crippen LogP contribution is 2.11. The minimum Gasteiger partial charge on any atom is -0.454 e. The molecule has 0 fully saturated rings. The number of nitrogens with zero attached hydrogens (tertiary/aromatic N) is 1. The molecule has 0 unspecified atom stereocenters. The number of pyridine rings is 1. The van der Waals surface area contributed by atoms with Crippen molar-refractivity contribution in [3.8, 4) is 0 Å². The fourth-order valence-corrected chi connectivity index (χ4v) is 1.98. The van der Waals surface area contributed by atoms with E-state index in [1.165, 1.54) is 24.5 Å². The van der Waals surface area contributed by atoms with Gasteiger partial charge in [-0.05, 0) is 42.8 Å². The number of benzene rings is 1. The van der Waals surface area contributed by atoms with Crippen LogP contribution in [-0.2, 0) is 9.53 Å². The summed E-state index contributed by atoms with van der Waals surface area (Å²) in [5.41, 5.74) is 1.37. The van der Waals surface area contributed by atoms with Gasteiger partial charge in [0, 0.05) is 30.1 Å². The summed E-state index contributed by atoms with van der Waals surface area (Å²) in [4.78, 5) is 39.1. The van der Waals surface area contributed by atoms with Gasteiger partial charge in [-0.2, -0.15) is 0 Å². The average Bonchev–Trinajstić information content (AvgIpc) is 2.61. The number of Topliss-reactive ketones (excluding diaryl/α,β-unsaturated/α-hetero) is 1. The van der Waals surface area contributed by atoms with Crippen molar-refractivity contribution in [1.29, 1.82) is 0 Å². The molecule has 6 heteroatoms. The van der Waals surface area contributed by atoms with Crippen molar-refractivity contribution < 1.29 is 19.1 Å². The van der Waals surface area contributed by atoms with Crippen LogP contribution >= 0.6 is 0 Å². The lowest BCUT2D eigenvalue weighted by molar-refractivity contribution is -0.116. The minimum absolute atomic E-state index is 0.0668. The molecule has 1 N–H and O–H groups in total. The number of hydrogen-bond donors (Lipinski definition) is 1. The third-order valence-corrected chi connectivity index (χ3v) is 3.22. The van der Waals surface area contributed by atoms with Crippen LogP contribution in [0.1, 0.15) is 40.5 Å². The van der Waals surface area contributed by atoms with Crippen molar-refractivity contribution in [2.45, 2.75) is 19.8 Å². The van der Waals surface area contributed by atoms with Gasteiger partial charge in [-0.25, -0.2) is 4.79 Å². The lowest BCUT2D eigenvalue weighted by Gasteiger charge is -2.06. The molecule has 124 valence electrons. The summed E-state index contributed by atoms with van der Waals surface area (Å²) in [6.45, 7) is 1.58. The Kier molecular flexibility index (Phi) is 6.19. The van der Waals surface area contributed by atoms with E-state index < -0.39 is 5.97 Å². The fraction of sp³-hybridized carbons (Fsp3) is 0.222. The smallest absolute Gasteiger partial charge is 0.338 e. The predicted molar refractivity (Wildman–Crippen MR) is 88.8 cm³/mol. The Labute approximate surface area is 139 Å². The fourth-order valence-electron chi connectivity index (χ4n) is 1.98. The van der Waals surface area contributed by atoms with E-state index in [9.17, 15) is 14.4 Å². The predicted octanol–water partition coefficient (Wildman–Crippen LogP) is 2.86. The topological polar surface area (TPSA) is 85.4 Å². The molecular weight excluding hydrogens is 308 g/mol. The van der Waals surface area contributed by atoms with Gasteiger partial charge in [-0.15, -0.1) is 0 Å². The largest absolute Gasteiger partial charge is 0.454 e. The second kappa shape index (κ2) is 8.57. The molecule has 0 spiro atoms. The first-order valence-electron chi connectivity index (χ1n) is 7.60. The molecule has 6 nitrogen and oxygen atoms in total. The second-order valence-corrected chi connectivity index (χ2v) is 5.11. The normalized spacial score (nSPS) is 10.0. The van der Waals surface area contributed by atoms with Crippen LogP contribution in [0.15, 0.2) is 48.8 Å². The number of ether oxygens (including phenoxy) is 1. The Morgan fingerprint density at radius 1 is 1.00 bits per heavy atom. The van der Waals surface area contributed by atoms with Crippen LogP contribution in [0.25, 0.3) is 0 Å². The first kappa shape index (κ1) is 17.3. The lowest BCUT2D eigenvalue weighted by Crippen LogP contribution is -2.14. The zero-order chi connectivity index (χ0) is 17.4. The van der Waals surface area contributed by atoms with Gasteiger partial charge in [0.15, 0.2) is 12.4 Å². The van der Waals surface area contributed by atoms with Gasteiger partial charge < -0.3 is 10.1 Å². The highest BCUT2D eigenvalue weighted by atomic mass is 16.5. The Bertz CT molecular complexity index is 712. The quantitative estimate of drug-likeness (QED) is 0.624. The number of carbonyl (C=O) groups excluding carboxylic acids is 3. The van der Waals surface area contributed by atoms with Gasteiger partial charge in [-0.3, -0.25) is 14.6 Å². The van der Waals surface area contributed by atoms with Gasteiger partial charge in [0.2, 0.25) is 5.91 Å². The van der Waals surface area contributed by atoms with E-state index in [1.807, 2.05) is 6.92 Å². The molecule has 1 aromatic carbocycles. The molecule has 0 saturated heterocycles. The van der Waals surface area contributed by atoms with E-state index in [0.29, 0.717) is 23.2 Å². The maximum atomic E-state index is 12.0. The molecule has 2 rings (SSSR count). The summed E-state index contributed by atoms with van der Waals surface area (Å²) in [5.74, 6) is -0.958. The Morgan fingerprint density at radius 2 is 1.67 bits per heavy atom. The highest BCUT2D eigenvalue weighted by molar-refractivity contribution is 6.00. The van der Waals surface area contributed by atoms with Crippen molar-refractivity contribution >= 4 is 23.3 Å². The molecular formula is C18H18N2O4. The van der Waals surface area contributed by atoms with Gasteiger partial charge in [-0.1, -0.05) is 6.92 Å². The van der Waals surface area contributed by atoms with Crippen LogP contribution in [0, 0.1) is 0 Å². The number of nitrogens with one attached hydrogen (secondary N) is 1. The summed E-state index contributed by atoms with van der Waals surface area (Å²) < 4.78 is 4.99. The molecule has 0 aliphatic carbocycles. The van der Waals surface area contributed by atoms with Gasteiger partial charge in [0.25, 0.3) is 0 Å². The number of hydrogen-bond acceptors (Lipinski definition) is 5. The van der Waals surface area contributed by atoms with Crippen molar-refractivity contribution in [3.63, 3.8) is 0 Å². The second-order valence-electron chi connectivity index (χ2n) is 5.11. The summed E-state index contributed by atoms with van der Waals surface area (Å²) in [7, 11) is 0. The lowest BCUT2D eigenvalue weighted by atomic mass is 10.1. The van der Waals surface area contributed by atoms with Crippen LogP contribution in [0.2, 0.25) is 0 Å². The minimum atomic E-state index is -0.575. The van der Waals surface area contributed by atoms with Gasteiger partial charge >= 0.3 is 5.97 Å². The molecule has 24 heavy (non-hydrogen) atoms. The highest BCUT2D eigenvalue weighted by Gasteiger charge is 2.12. The molecule has 0 aliphatic heterocycles. The molecule has 1 heterocycles. The maximum Gasteiger partial charge on any atom is 0.338 e. The van der Waals surface area contributed by atoms with Crippen LogP contribution in [0.3, 0.4) is 0 Å². The van der Waals surface area contributed by atoms with Crippen LogP contribution in [0.5, 0.6) is 0 Å². The summed E-state index contributed by atoms with van der Waals surface area (Å²) in [6.07, 6.45) is 4.17. The Morgan fingerprint density at radius 3 is 2.29 bits per heavy atom. The molecule has 0 radical (unpaired) electrons. The van der Waals surface area contributed by atoms with Crippen molar-refractivity contribution in [3.05, 3.63) is 59.9 Å². The Hall–Kier alpha value is -3.02. The Balaban J connectivity index is 1.88. The molecule has 0 saturated carbocycles. The van der Waals surface area contributed by atoms with E-state index in [1.54, 1.807) is 24.3 Å². The van der Waals surface area contributed by atoms with Crippen LogP contribution < -0.4 is 5.32 Å². The molecule has 0 bridgehead atoms. The zero-order valence-corrected chi connectivity index (χ0v) is 13.3. The standard InChI is InChI=1S/C18H18N2O4/c1-2-3-17(22)20-15-6-4-13(5-7-15)16(21)12-24-18(23)14-8-10-19-11-9-14/h4-11H,2-3,12H2,1H3,(H,20,22). The van der Waals surface area contributed by atoms with E-state index >= 15 is 0 Å². The molecule has 1 aromatic heterocycles. The SMILES string of the molecule is CCCC(=O)Nc1ccc(C(=O)COC(=O)c2ccncc2)cc1. The summed E-state index contributed by atoms with van der Waals surface area (Å²) in [6, 6.07) is 9.49. The third-order valence-electron chi connectivity index (χ3n) is 3.22. The number of aromatic nitrogens is 1. The number of esters is 1. The summed E-state index contributed by atoms with van der Waals surface area (Å²) >= 11 is 0. The monoisotopic (exact) mass is 326 g/mol. The number of ketones is 1. The molecule has 0 aliphatic rings. The number of rotatable bonds is 7. The van der Waals surface area contributed by atoms with Crippen LogP contribution in [-0.4, -0.2) is 29.3 Å². The van der Waals surface area contributed by atoms with Crippen molar-refractivity contribution in [2.75, 3.05) is 11.9 Å². The number of amides is 1. The molecule has 0 atom stereocenters. The number of carbonyl (C=O) groups is 3. The van der Waals surface area contributed by atoms with E-state index in [-0.39, 0.29) is 18.3 Å². The van der Waals surface area contributed by atoms with Crippen LogP contribution in [0.4, 0.5) is 5.69 Å². The van der Waals surface area contributed by atoms with Gasteiger partial charge in [0.05, 0.1) is 5.56 Å². The van der Waals surface area contributed by atoms with E-state index in [0.717, 1.165) is 6.42 Å². The van der Waals surface area contributed by atoms with Crippen molar-refractivity contribution in [2.24, 2.45) is 0 Å². The average molecular weight is 326 g/mol. The molecule has 1 amide bonds. The molecule has 2 aromatic rings. The zero-order valence-electron chi connectivity index (χ0n) is 13.3. The number of anilines is 1. The maximum absolute atomic E-state index is 12.0. The van der Waals surface area contributed by atoms with Crippen molar-refractivity contribution in [1.82, 2.24) is 4.98 Å². The third kappa shape index (κ3) is 5.01. The van der Waals surface area contributed by atoms with E-state index in [2.05, 4.69) is 10.3 Å².